The van der Waals surface area contributed by atoms with E-state index in [1.54, 1.807) is 12.3 Å². The molecule has 0 bridgehead atoms. The molecule has 0 aliphatic heterocycles. The van der Waals surface area contributed by atoms with E-state index in [1.807, 2.05) is 36.4 Å². The summed E-state index contributed by atoms with van der Waals surface area (Å²) in [6, 6.07) is 19.8. The number of rotatable bonds is 6. The Morgan fingerprint density at radius 1 is 1.07 bits per heavy atom. The molecule has 0 radical (unpaired) electrons. The molecule has 5 heteroatoms. The average molecular weight is 422 g/mol. The standard InChI is InChI=1S/C22H20BrN3O/c1-3-26(4-2)20-11-5-16(6-12-20)15-25-22-18(14-24)13-21(27-22)17-7-9-19(23)10-8-17/h5-13,15H,3-4H2,1-2H3. The highest BCUT2D eigenvalue weighted by atomic mass is 79.9. The summed E-state index contributed by atoms with van der Waals surface area (Å²) in [5, 5.41) is 9.37. The second kappa shape index (κ2) is 8.70. The lowest BCUT2D eigenvalue weighted by Crippen LogP contribution is -2.21. The van der Waals surface area contributed by atoms with Crippen LogP contribution in [0.4, 0.5) is 11.6 Å². The van der Waals surface area contributed by atoms with E-state index in [1.165, 1.54) is 5.69 Å². The maximum atomic E-state index is 9.37. The summed E-state index contributed by atoms with van der Waals surface area (Å²) >= 11 is 3.42. The van der Waals surface area contributed by atoms with Crippen molar-refractivity contribution in [3.05, 3.63) is 70.2 Å². The zero-order valence-corrected chi connectivity index (χ0v) is 16.9. The molecule has 3 rings (SSSR count). The Labute approximate surface area is 167 Å². The topological polar surface area (TPSA) is 52.5 Å². The van der Waals surface area contributed by atoms with Crippen LogP contribution in [-0.2, 0) is 0 Å². The van der Waals surface area contributed by atoms with Crippen LogP contribution in [0.15, 0.2) is 68.5 Å². The molecule has 1 heterocycles. The van der Waals surface area contributed by atoms with E-state index < -0.39 is 0 Å². The first-order valence-corrected chi connectivity index (χ1v) is 9.62. The van der Waals surface area contributed by atoms with Gasteiger partial charge < -0.3 is 9.32 Å². The fourth-order valence-electron chi connectivity index (χ4n) is 2.81. The first-order valence-electron chi connectivity index (χ1n) is 8.83. The fraction of sp³-hybridized carbons (Fsp3) is 0.182. The molecule has 0 spiro atoms. The number of nitriles is 1. The van der Waals surface area contributed by atoms with Gasteiger partial charge in [0.2, 0.25) is 5.88 Å². The largest absolute Gasteiger partial charge is 0.437 e. The molecule has 0 atom stereocenters. The van der Waals surface area contributed by atoms with Crippen molar-refractivity contribution in [3.8, 4) is 17.4 Å². The third-order valence-corrected chi connectivity index (χ3v) is 4.84. The number of anilines is 1. The number of hydrogen-bond acceptors (Lipinski definition) is 4. The van der Waals surface area contributed by atoms with Crippen molar-refractivity contribution in [1.82, 2.24) is 0 Å². The van der Waals surface area contributed by atoms with Gasteiger partial charge in [0.15, 0.2) is 0 Å². The molecule has 0 unspecified atom stereocenters. The molecule has 3 aromatic rings. The molecule has 0 N–H and O–H groups in total. The molecule has 4 nitrogen and oxygen atoms in total. The molecule has 0 saturated heterocycles. The number of hydrogen-bond donors (Lipinski definition) is 0. The number of benzene rings is 2. The molecule has 0 saturated carbocycles. The summed E-state index contributed by atoms with van der Waals surface area (Å²) in [6.45, 7) is 6.23. The van der Waals surface area contributed by atoms with Crippen LogP contribution >= 0.6 is 15.9 Å². The Kier molecular flexibility index (Phi) is 6.10. The van der Waals surface area contributed by atoms with Gasteiger partial charge in [-0.15, -0.1) is 0 Å². The lowest BCUT2D eigenvalue weighted by atomic mass is 10.1. The van der Waals surface area contributed by atoms with Crippen molar-refractivity contribution in [1.29, 1.82) is 5.26 Å². The summed E-state index contributed by atoms with van der Waals surface area (Å²) in [4.78, 5) is 6.67. The highest BCUT2D eigenvalue weighted by Crippen LogP contribution is 2.31. The maximum Gasteiger partial charge on any atom is 0.237 e. The van der Waals surface area contributed by atoms with E-state index >= 15 is 0 Å². The predicted molar refractivity (Wildman–Crippen MR) is 114 cm³/mol. The lowest BCUT2D eigenvalue weighted by molar-refractivity contribution is 0.592. The third kappa shape index (κ3) is 4.47. The van der Waals surface area contributed by atoms with Crippen molar-refractivity contribution in [3.63, 3.8) is 0 Å². The van der Waals surface area contributed by atoms with Crippen molar-refractivity contribution in [2.24, 2.45) is 4.99 Å². The van der Waals surface area contributed by atoms with Crippen LogP contribution in [0.3, 0.4) is 0 Å². The monoisotopic (exact) mass is 421 g/mol. The summed E-state index contributed by atoms with van der Waals surface area (Å²) in [7, 11) is 0. The first-order chi connectivity index (χ1) is 13.1. The second-order valence-corrected chi connectivity index (χ2v) is 6.89. The molecule has 0 aliphatic carbocycles. The van der Waals surface area contributed by atoms with Crippen molar-refractivity contribution in [2.45, 2.75) is 13.8 Å². The summed E-state index contributed by atoms with van der Waals surface area (Å²) in [5.41, 5.74) is 3.46. The van der Waals surface area contributed by atoms with E-state index in [9.17, 15) is 5.26 Å². The highest BCUT2D eigenvalue weighted by Gasteiger charge is 2.11. The molecule has 0 amide bonds. The molecule has 1 aromatic heterocycles. The van der Waals surface area contributed by atoms with Gasteiger partial charge in [-0.1, -0.05) is 40.2 Å². The van der Waals surface area contributed by atoms with Gasteiger partial charge in [0, 0.05) is 41.1 Å². The van der Waals surface area contributed by atoms with Crippen LogP contribution in [0.1, 0.15) is 25.0 Å². The van der Waals surface area contributed by atoms with Crippen LogP contribution in [0.5, 0.6) is 0 Å². The highest BCUT2D eigenvalue weighted by molar-refractivity contribution is 9.10. The number of nitrogens with zero attached hydrogens (tertiary/aromatic N) is 3. The number of furan rings is 1. The quantitative estimate of drug-likeness (QED) is 0.446. The lowest BCUT2D eigenvalue weighted by Gasteiger charge is -2.20. The second-order valence-electron chi connectivity index (χ2n) is 5.97. The van der Waals surface area contributed by atoms with E-state index in [4.69, 9.17) is 4.42 Å². The van der Waals surface area contributed by atoms with Gasteiger partial charge >= 0.3 is 0 Å². The Morgan fingerprint density at radius 2 is 1.74 bits per heavy atom. The minimum absolute atomic E-state index is 0.322. The normalized spacial score (nSPS) is 10.9. The molecule has 27 heavy (non-hydrogen) atoms. The zero-order valence-electron chi connectivity index (χ0n) is 15.3. The van der Waals surface area contributed by atoms with Gasteiger partial charge in [0.05, 0.1) is 0 Å². The minimum atomic E-state index is 0.322. The van der Waals surface area contributed by atoms with Gasteiger partial charge in [-0.2, -0.15) is 5.26 Å². The summed E-state index contributed by atoms with van der Waals surface area (Å²) in [5.74, 6) is 0.950. The van der Waals surface area contributed by atoms with E-state index in [2.05, 4.69) is 57.9 Å². The Morgan fingerprint density at radius 3 is 2.33 bits per heavy atom. The van der Waals surface area contributed by atoms with E-state index in [0.29, 0.717) is 17.2 Å². The Hall–Kier alpha value is -2.84. The van der Waals surface area contributed by atoms with Crippen molar-refractivity contribution < 1.29 is 4.42 Å². The molecule has 0 aliphatic rings. The van der Waals surface area contributed by atoms with Crippen LogP contribution in [0.25, 0.3) is 11.3 Å². The number of aliphatic imine (C=N–C) groups is 1. The molecule has 2 aromatic carbocycles. The fourth-order valence-corrected chi connectivity index (χ4v) is 3.07. The van der Waals surface area contributed by atoms with E-state index in [-0.39, 0.29) is 0 Å². The van der Waals surface area contributed by atoms with Gasteiger partial charge in [-0.05, 0) is 43.7 Å². The smallest absolute Gasteiger partial charge is 0.237 e. The minimum Gasteiger partial charge on any atom is -0.437 e. The van der Waals surface area contributed by atoms with Crippen LogP contribution in [-0.4, -0.2) is 19.3 Å². The van der Waals surface area contributed by atoms with E-state index in [0.717, 1.165) is 28.7 Å². The number of halogens is 1. The van der Waals surface area contributed by atoms with Crippen molar-refractivity contribution in [2.75, 3.05) is 18.0 Å². The molecule has 0 fully saturated rings. The zero-order chi connectivity index (χ0) is 19.2. The SMILES string of the molecule is CCN(CC)c1ccc(C=Nc2oc(-c3ccc(Br)cc3)cc2C#N)cc1. The van der Waals surface area contributed by atoms with Gasteiger partial charge in [-0.25, -0.2) is 4.99 Å². The van der Waals surface area contributed by atoms with Gasteiger partial charge in [0.1, 0.15) is 17.4 Å². The molecular formula is C22H20BrN3O. The van der Waals surface area contributed by atoms with Crippen molar-refractivity contribution >= 4 is 33.7 Å². The third-order valence-electron chi connectivity index (χ3n) is 4.31. The molecular weight excluding hydrogens is 402 g/mol. The van der Waals surface area contributed by atoms with Gasteiger partial charge in [0.25, 0.3) is 0 Å². The first kappa shape index (κ1) is 18.9. The van der Waals surface area contributed by atoms with Crippen LogP contribution in [0.2, 0.25) is 0 Å². The summed E-state index contributed by atoms with van der Waals surface area (Å²) in [6.07, 6.45) is 1.72. The van der Waals surface area contributed by atoms with Crippen LogP contribution < -0.4 is 4.90 Å². The summed E-state index contributed by atoms with van der Waals surface area (Å²) < 4.78 is 6.80. The van der Waals surface area contributed by atoms with Crippen LogP contribution in [0, 0.1) is 11.3 Å². The van der Waals surface area contributed by atoms with Gasteiger partial charge in [-0.3, -0.25) is 0 Å². The average Bonchev–Trinajstić information content (AvgIpc) is 3.12. The predicted octanol–water partition coefficient (Wildman–Crippen LogP) is 6.18. The maximum absolute atomic E-state index is 9.37. The Bertz CT molecular complexity index is 962. The Balaban J connectivity index is 1.82. The molecule has 136 valence electrons.